The van der Waals surface area contributed by atoms with Gasteiger partial charge in [-0.1, -0.05) is 19.0 Å². The lowest BCUT2D eigenvalue weighted by molar-refractivity contribution is 0.305. The second-order valence-electron chi connectivity index (χ2n) is 4.80. The third kappa shape index (κ3) is 3.97. The zero-order valence-corrected chi connectivity index (χ0v) is 10.6. The number of amidine groups is 1. The van der Waals surface area contributed by atoms with Gasteiger partial charge in [-0.25, -0.2) is 0 Å². The van der Waals surface area contributed by atoms with E-state index in [1.54, 1.807) is 10.9 Å². The molecule has 6 nitrogen and oxygen atoms in total. The fraction of sp³-hybridized carbons (Fsp3) is 0.636. The van der Waals surface area contributed by atoms with Gasteiger partial charge in [-0.2, -0.15) is 5.10 Å². The predicted octanol–water partition coefficient (Wildman–Crippen LogP) is 1.38. The Morgan fingerprint density at radius 2 is 2.35 bits per heavy atom. The smallest absolute Gasteiger partial charge is 0.144 e. The van der Waals surface area contributed by atoms with Crippen LogP contribution < -0.4 is 11.1 Å². The molecule has 96 valence electrons. The quantitative estimate of drug-likeness (QED) is 0.230. The van der Waals surface area contributed by atoms with Crippen LogP contribution in [0.1, 0.15) is 26.7 Å². The molecule has 0 radical (unpaired) electrons. The lowest BCUT2D eigenvalue weighted by Gasteiger charge is -2.22. The molecule has 1 rings (SSSR count). The number of nitrogens with zero attached hydrogens (tertiary/aromatic N) is 3. The Balaban J connectivity index is 2.29. The fourth-order valence-electron chi connectivity index (χ4n) is 1.54. The number of rotatable bonds is 6. The number of hydrogen-bond acceptors (Lipinski definition) is 4. The third-order valence-electron chi connectivity index (χ3n) is 2.81. The highest BCUT2D eigenvalue weighted by molar-refractivity contribution is 5.85. The van der Waals surface area contributed by atoms with Crippen LogP contribution >= 0.6 is 0 Å². The van der Waals surface area contributed by atoms with E-state index < -0.39 is 0 Å². The van der Waals surface area contributed by atoms with E-state index in [0.29, 0.717) is 0 Å². The van der Waals surface area contributed by atoms with E-state index in [9.17, 15) is 0 Å². The Labute approximate surface area is 101 Å². The van der Waals surface area contributed by atoms with Gasteiger partial charge in [-0.05, 0) is 12.8 Å². The van der Waals surface area contributed by atoms with Crippen LogP contribution in [-0.4, -0.2) is 27.4 Å². The first-order valence-corrected chi connectivity index (χ1v) is 5.66. The highest BCUT2D eigenvalue weighted by Gasteiger charge is 2.22. The average Bonchev–Trinajstić information content (AvgIpc) is 2.69. The molecule has 17 heavy (non-hydrogen) atoms. The monoisotopic (exact) mass is 239 g/mol. The van der Waals surface area contributed by atoms with Gasteiger partial charge in [0.25, 0.3) is 0 Å². The molecule has 0 amide bonds. The first-order valence-electron chi connectivity index (χ1n) is 5.66. The molecule has 0 aliphatic rings. The van der Waals surface area contributed by atoms with Crippen molar-refractivity contribution in [1.29, 1.82) is 0 Å². The second kappa shape index (κ2) is 5.56. The van der Waals surface area contributed by atoms with Gasteiger partial charge in [0.15, 0.2) is 0 Å². The Morgan fingerprint density at radius 1 is 1.65 bits per heavy atom. The highest BCUT2D eigenvalue weighted by Crippen LogP contribution is 2.22. The molecule has 0 fully saturated rings. The van der Waals surface area contributed by atoms with Crippen molar-refractivity contribution in [2.45, 2.75) is 26.7 Å². The lowest BCUT2D eigenvalue weighted by atomic mass is 9.86. The molecule has 0 unspecified atom stereocenters. The number of aryl methyl sites for hydroxylation is 1. The minimum absolute atomic E-state index is 0.272. The van der Waals surface area contributed by atoms with Crippen molar-refractivity contribution in [2.24, 2.45) is 23.4 Å². The van der Waals surface area contributed by atoms with Crippen LogP contribution in [0, 0.1) is 5.41 Å². The van der Waals surface area contributed by atoms with Crippen molar-refractivity contribution in [2.75, 3.05) is 11.9 Å². The first kappa shape index (κ1) is 13.3. The Hall–Kier alpha value is -1.72. The van der Waals surface area contributed by atoms with E-state index in [2.05, 4.69) is 15.6 Å². The van der Waals surface area contributed by atoms with Crippen LogP contribution in [0.5, 0.6) is 0 Å². The molecule has 0 aliphatic carbocycles. The van der Waals surface area contributed by atoms with Gasteiger partial charge in [0, 0.05) is 25.2 Å². The molecule has 0 atom stereocenters. The van der Waals surface area contributed by atoms with Crippen molar-refractivity contribution < 1.29 is 5.21 Å². The summed E-state index contributed by atoms with van der Waals surface area (Å²) in [6, 6.07) is 0. The summed E-state index contributed by atoms with van der Waals surface area (Å²) in [4.78, 5) is 0. The maximum absolute atomic E-state index is 8.64. The van der Waals surface area contributed by atoms with Crippen LogP contribution in [0.3, 0.4) is 0 Å². The van der Waals surface area contributed by atoms with Gasteiger partial charge < -0.3 is 16.3 Å². The summed E-state index contributed by atoms with van der Waals surface area (Å²) in [6.07, 6.45) is 5.51. The Morgan fingerprint density at radius 3 is 2.88 bits per heavy atom. The first-order chi connectivity index (χ1) is 7.95. The SMILES string of the molecule is Cn1cc(NCCCC(C)(C)C(N)=NO)cn1. The van der Waals surface area contributed by atoms with Crippen molar-refractivity contribution in [1.82, 2.24) is 9.78 Å². The van der Waals surface area contributed by atoms with Crippen LogP contribution in [0.4, 0.5) is 5.69 Å². The molecule has 0 aromatic carbocycles. The van der Waals surface area contributed by atoms with Gasteiger partial charge in [-0.3, -0.25) is 4.68 Å². The summed E-state index contributed by atoms with van der Waals surface area (Å²) < 4.78 is 1.75. The molecular weight excluding hydrogens is 218 g/mol. The third-order valence-corrected chi connectivity index (χ3v) is 2.81. The molecule has 0 spiro atoms. The van der Waals surface area contributed by atoms with Gasteiger partial charge in [0.2, 0.25) is 0 Å². The van der Waals surface area contributed by atoms with Gasteiger partial charge in [-0.15, -0.1) is 0 Å². The van der Waals surface area contributed by atoms with Crippen LogP contribution in [0.25, 0.3) is 0 Å². The number of aromatic nitrogens is 2. The molecule has 0 saturated heterocycles. The molecule has 6 heteroatoms. The van der Waals surface area contributed by atoms with E-state index in [4.69, 9.17) is 10.9 Å². The zero-order valence-electron chi connectivity index (χ0n) is 10.6. The molecular formula is C11H21N5O. The number of nitrogens with two attached hydrogens (primary N) is 1. The zero-order chi connectivity index (χ0) is 12.9. The van der Waals surface area contributed by atoms with Crippen LogP contribution in [0.2, 0.25) is 0 Å². The summed E-state index contributed by atoms with van der Waals surface area (Å²) in [5.74, 6) is 0.277. The highest BCUT2D eigenvalue weighted by atomic mass is 16.4. The van der Waals surface area contributed by atoms with E-state index >= 15 is 0 Å². The molecule has 0 saturated carbocycles. The topological polar surface area (TPSA) is 88.5 Å². The van der Waals surface area contributed by atoms with E-state index in [0.717, 1.165) is 25.1 Å². The standard InChI is InChI=1S/C11H21N5O/c1-11(2,10(12)15-17)5-4-6-13-9-7-14-16(3)8-9/h7-8,13,17H,4-6H2,1-3H3,(H2,12,15). The fourth-order valence-corrected chi connectivity index (χ4v) is 1.54. The lowest BCUT2D eigenvalue weighted by Crippen LogP contribution is -2.32. The van der Waals surface area contributed by atoms with Gasteiger partial charge in [0.05, 0.1) is 11.9 Å². The van der Waals surface area contributed by atoms with Crippen LogP contribution in [-0.2, 0) is 7.05 Å². The normalized spacial score (nSPS) is 12.8. The average molecular weight is 239 g/mol. The summed E-state index contributed by atoms with van der Waals surface area (Å²) in [5, 5.41) is 19.0. The molecule has 0 bridgehead atoms. The molecule has 1 heterocycles. The molecule has 0 aliphatic heterocycles. The summed E-state index contributed by atoms with van der Waals surface area (Å²) >= 11 is 0. The number of oxime groups is 1. The van der Waals surface area contributed by atoms with Crippen molar-refractivity contribution in [3.8, 4) is 0 Å². The summed E-state index contributed by atoms with van der Waals surface area (Å²) in [6.45, 7) is 4.77. The maximum atomic E-state index is 8.64. The second-order valence-corrected chi connectivity index (χ2v) is 4.80. The maximum Gasteiger partial charge on any atom is 0.144 e. The number of anilines is 1. The van der Waals surface area contributed by atoms with E-state index in [1.165, 1.54) is 0 Å². The van der Waals surface area contributed by atoms with E-state index in [-0.39, 0.29) is 11.3 Å². The van der Waals surface area contributed by atoms with Crippen molar-refractivity contribution >= 4 is 11.5 Å². The summed E-state index contributed by atoms with van der Waals surface area (Å²) in [7, 11) is 1.88. The number of nitrogens with one attached hydrogen (secondary N) is 1. The number of hydrogen-bond donors (Lipinski definition) is 3. The van der Waals surface area contributed by atoms with Crippen molar-refractivity contribution in [3.05, 3.63) is 12.4 Å². The minimum Gasteiger partial charge on any atom is -0.409 e. The molecule has 4 N–H and O–H groups in total. The van der Waals surface area contributed by atoms with Gasteiger partial charge in [0.1, 0.15) is 5.84 Å². The van der Waals surface area contributed by atoms with Gasteiger partial charge >= 0.3 is 0 Å². The largest absolute Gasteiger partial charge is 0.409 e. The van der Waals surface area contributed by atoms with Crippen LogP contribution in [0.15, 0.2) is 17.5 Å². The minimum atomic E-state index is -0.272. The van der Waals surface area contributed by atoms with E-state index in [1.807, 2.05) is 27.1 Å². The van der Waals surface area contributed by atoms with Crippen molar-refractivity contribution in [3.63, 3.8) is 0 Å². The molecule has 1 aromatic rings. The summed E-state index contributed by atoms with van der Waals surface area (Å²) in [5.41, 5.74) is 6.35. The Bertz CT molecular complexity index is 383. The molecule has 1 aromatic heterocycles. The Kier molecular flexibility index (Phi) is 4.37. The predicted molar refractivity (Wildman–Crippen MR) is 68.1 cm³/mol.